The maximum absolute atomic E-state index is 9.23. The third-order valence-electron chi connectivity index (χ3n) is 1.96. The Morgan fingerprint density at radius 2 is 2.09 bits per heavy atom. The van der Waals surface area contributed by atoms with E-state index in [4.69, 9.17) is 4.74 Å². The summed E-state index contributed by atoms with van der Waals surface area (Å²) in [6, 6.07) is 0. The van der Waals surface area contributed by atoms with E-state index >= 15 is 0 Å². The van der Waals surface area contributed by atoms with Crippen molar-refractivity contribution < 1.29 is 14.4 Å². The lowest BCUT2D eigenvalue weighted by atomic mass is 10.1. The van der Waals surface area contributed by atoms with Crippen molar-refractivity contribution in [1.29, 1.82) is 0 Å². The van der Waals surface area contributed by atoms with E-state index in [1.54, 1.807) is 0 Å². The summed E-state index contributed by atoms with van der Waals surface area (Å²) in [6.07, 6.45) is 1.13. The number of nitrogens with zero attached hydrogens (tertiary/aromatic N) is 1. The van der Waals surface area contributed by atoms with Gasteiger partial charge in [0, 0.05) is 0 Å². The molecule has 3 nitrogen and oxygen atoms in total. The first kappa shape index (κ1) is 8.68. The fourth-order valence-electron chi connectivity index (χ4n) is 1.35. The first-order valence-electron chi connectivity index (χ1n) is 3.95. The molecule has 0 aromatic carbocycles. The number of rotatable bonds is 0. The average molecular weight is 158 g/mol. The summed E-state index contributed by atoms with van der Waals surface area (Å²) in [4.78, 5) is 0. The summed E-state index contributed by atoms with van der Waals surface area (Å²) < 4.78 is 7.23. The summed E-state index contributed by atoms with van der Waals surface area (Å²) in [5.74, 6) is 0. The minimum atomic E-state index is -0.601. The van der Waals surface area contributed by atoms with Crippen LogP contribution >= 0.6 is 0 Å². The molecule has 1 aliphatic heterocycles. The quantitative estimate of drug-likeness (QED) is 0.511. The zero-order valence-corrected chi connectivity index (χ0v) is 7.37. The second kappa shape index (κ2) is 3.32. The van der Waals surface area contributed by atoms with Crippen LogP contribution in [0.25, 0.3) is 0 Å². The van der Waals surface area contributed by atoms with Gasteiger partial charge in [-0.25, -0.2) is 4.58 Å². The van der Waals surface area contributed by atoms with E-state index in [1.165, 1.54) is 5.71 Å². The van der Waals surface area contributed by atoms with Crippen LogP contribution in [0.2, 0.25) is 0 Å². The van der Waals surface area contributed by atoms with Crippen LogP contribution in [0, 0.1) is 0 Å². The van der Waals surface area contributed by atoms with Crippen molar-refractivity contribution in [1.82, 2.24) is 0 Å². The van der Waals surface area contributed by atoms with Crippen LogP contribution in [0.5, 0.6) is 0 Å². The van der Waals surface area contributed by atoms with Gasteiger partial charge < -0.3 is 9.84 Å². The second-order valence-corrected chi connectivity index (χ2v) is 3.27. The van der Waals surface area contributed by atoms with Crippen molar-refractivity contribution in [2.75, 3.05) is 14.1 Å². The predicted molar refractivity (Wildman–Crippen MR) is 42.9 cm³/mol. The van der Waals surface area contributed by atoms with Crippen molar-refractivity contribution >= 4 is 5.71 Å². The highest BCUT2D eigenvalue weighted by Gasteiger charge is 2.25. The molecular weight excluding hydrogens is 142 g/mol. The topological polar surface area (TPSA) is 32.5 Å². The van der Waals surface area contributed by atoms with Crippen LogP contribution in [0.3, 0.4) is 0 Å². The maximum atomic E-state index is 9.23. The van der Waals surface area contributed by atoms with Gasteiger partial charge in [0.1, 0.15) is 14.1 Å². The molecular formula is C8H16NO2+. The number of aliphatic hydroxyl groups excluding tert-OH is 1. The highest BCUT2D eigenvalue weighted by molar-refractivity contribution is 5.80. The molecule has 0 bridgehead atoms. The van der Waals surface area contributed by atoms with Gasteiger partial charge >= 0.3 is 0 Å². The molecule has 1 aliphatic rings. The Bertz CT molecular complexity index is 161. The summed E-state index contributed by atoms with van der Waals surface area (Å²) in [7, 11) is 4.00. The van der Waals surface area contributed by atoms with Gasteiger partial charge in [0.2, 0.25) is 0 Å². The molecule has 11 heavy (non-hydrogen) atoms. The molecule has 2 unspecified atom stereocenters. The Kier molecular flexibility index (Phi) is 2.62. The summed E-state index contributed by atoms with van der Waals surface area (Å²) in [5, 5.41) is 9.23. The molecule has 1 saturated heterocycles. The summed E-state index contributed by atoms with van der Waals surface area (Å²) in [6.45, 7) is 1.98. The van der Waals surface area contributed by atoms with Crippen LogP contribution in [0.15, 0.2) is 0 Å². The van der Waals surface area contributed by atoms with E-state index in [0.717, 1.165) is 6.42 Å². The zero-order valence-electron chi connectivity index (χ0n) is 7.37. The van der Waals surface area contributed by atoms with E-state index in [9.17, 15) is 5.11 Å². The van der Waals surface area contributed by atoms with Crippen LogP contribution in [-0.4, -0.2) is 41.9 Å². The Labute approximate surface area is 67.3 Å². The Hall–Kier alpha value is -0.410. The van der Waals surface area contributed by atoms with Crippen LogP contribution < -0.4 is 0 Å². The molecule has 2 atom stereocenters. The number of hydrogen-bond acceptors (Lipinski definition) is 2. The van der Waals surface area contributed by atoms with Gasteiger partial charge in [-0.1, -0.05) is 0 Å². The molecule has 0 aromatic heterocycles. The van der Waals surface area contributed by atoms with E-state index < -0.39 is 6.29 Å². The van der Waals surface area contributed by atoms with Gasteiger partial charge in [0.15, 0.2) is 12.0 Å². The van der Waals surface area contributed by atoms with Gasteiger partial charge in [0.25, 0.3) is 0 Å². The molecule has 0 aromatic rings. The lowest BCUT2D eigenvalue weighted by Gasteiger charge is -2.23. The van der Waals surface area contributed by atoms with Gasteiger partial charge in [-0.15, -0.1) is 0 Å². The molecule has 3 heteroatoms. The molecule has 0 radical (unpaired) electrons. The Morgan fingerprint density at radius 3 is 2.55 bits per heavy atom. The van der Waals surface area contributed by atoms with Gasteiger partial charge in [-0.2, -0.15) is 0 Å². The highest BCUT2D eigenvalue weighted by Crippen LogP contribution is 2.14. The molecule has 0 spiro atoms. The summed E-state index contributed by atoms with van der Waals surface area (Å²) >= 11 is 0. The molecule has 1 heterocycles. The molecule has 0 saturated carbocycles. The van der Waals surface area contributed by atoms with E-state index in [1.807, 2.05) is 21.0 Å². The van der Waals surface area contributed by atoms with Crippen LogP contribution in [-0.2, 0) is 4.74 Å². The van der Waals surface area contributed by atoms with E-state index in [2.05, 4.69) is 4.58 Å². The predicted octanol–water partition coefficient (Wildman–Crippen LogP) is 0.217. The lowest BCUT2D eigenvalue weighted by molar-refractivity contribution is -0.469. The smallest absolute Gasteiger partial charge is 0.164 e. The fourth-order valence-corrected chi connectivity index (χ4v) is 1.35. The standard InChI is InChI=1S/C8H16NO2/c1-6-4-7(9(2)3)5-8(10)11-6/h6,8,10H,4-5H2,1-3H3/q+1. The molecule has 1 N–H and O–H groups in total. The molecule has 0 aliphatic carbocycles. The Morgan fingerprint density at radius 1 is 1.45 bits per heavy atom. The van der Waals surface area contributed by atoms with Crippen molar-refractivity contribution in [3.8, 4) is 0 Å². The molecule has 1 fully saturated rings. The van der Waals surface area contributed by atoms with Crippen molar-refractivity contribution in [2.24, 2.45) is 0 Å². The fraction of sp³-hybridized carbons (Fsp3) is 0.875. The van der Waals surface area contributed by atoms with Crippen LogP contribution in [0.1, 0.15) is 19.8 Å². The number of ether oxygens (including phenoxy) is 1. The van der Waals surface area contributed by atoms with Crippen molar-refractivity contribution in [2.45, 2.75) is 32.2 Å². The highest BCUT2D eigenvalue weighted by atomic mass is 16.6. The second-order valence-electron chi connectivity index (χ2n) is 3.27. The minimum Gasteiger partial charge on any atom is -0.367 e. The van der Waals surface area contributed by atoms with E-state index in [0.29, 0.717) is 6.42 Å². The normalized spacial score (nSPS) is 32.2. The molecule has 0 amide bonds. The number of aliphatic hydroxyl groups is 1. The van der Waals surface area contributed by atoms with Crippen molar-refractivity contribution in [3.05, 3.63) is 0 Å². The molecule has 1 rings (SSSR count). The van der Waals surface area contributed by atoms with E-state index in [-0.39, 0.29) is 6.10 Å². The largest absolute Gasteiger partial charge is 0.367 e. The van der Waals surface area contributed by atoms with Crippen molar-refractivity contribution in [3.63, 3.8) is 0 Å². The SMILES string of the molecule is CC1CC(=[N+](C)C)CC(O)O1. The first-order valence-corrected chi connectivity index (χ1v) is 3.95. The third kappa shape index (κ3) is 2.27. The molecule has 64 valence electrons. The first-order chi connectivity index (χ1) is 5.09. The summed E-state index contributed by atoms with van der Waals surface area (Å²) in [5.41, 5.74) is 1.26. The maximum Gasteiger partial charge on any atom is 0.164 e. The Balaban J connectivity index is 2.64. The average Bonchev–Trinajstić information content (AvgIpc) is 1.85. The zero-order chi connectivity index (χ0) is 8.43. The third-order valence-corrected chi connectivity index (χ3v) is 1.96. The van der Waals surface area contributed by atoms with Crippen LogP contribution in [0.4, 0.5) is 0 Å². The lowest BCUT2D eigenvalue weighted by Crippen LogP contribution is -2.34. The monoisotopic (exact) mass is 158 g/mol. The van der Waals surface area contributed by atoms with Gasteiger partial charge in [0.05, 0.1) is 18.9 Å². The van der Waals surface area contributed by atoms with Gasteiger partial charge in [-0.3, -0.25) is 0 Å². The number of hydrogen-bond donors (Lipinski definition) is 1. The minimum absolute atomic E-state index is 0.149. The van der Waals surface area contributed by atoms with Gasteiger partial charge in [-0.05, 0) is 6.92 Å².